The molecule has 13 heteroatoms. The lowest BCUT2D eigenvalue weighted by atomic mass is 10.1. The van der Waals surface area contributed by atoms with E-state index < -0.39 is 26.6 Å². The molecule has 0 radical (unpaired) electrons. The van der Waals surface area contributed by atoms with Gasteiger partial charge in [0.05, 0.1) is 29.5 Å². The molecule has 1 aliphatic heterocycles. The SMILES string of the molecule is Nc1nccc(-c2sc(N3CCOCC3)nc2-c2cccc(NS(=O)(=O)c3cc(F)ccc3F)c2)n1. The lowest BCUT2D eigenvalue weighted by Gasteiger charge is -2.26. The van der Waals surface area contributed by atoms with E-state index in [1.165, 1.54) is 17.4 Å². The minimum atomic E-state index is -4.39. The Bertz CT molecular complexity index is 1520. The molecule has 4 aromatic rings. The van der Waals surface area contributed by atoms with E-state index in [-0.39, 0.29) is 11.6 Å². The predicted octanol–water partition coefficient (Wildman–Crippen LogP) is 3.76. The Labute approximate surface area is 209 Å². The lowest BCUT2D eigenvalue weighted by molar-refractivity contribution is 0.122. The van der Waals surface area contributed by atoms with Crippen LogP contribution in [0.5, 0.6) is 0 Å². The summed E-state index contributed by atoms with van der Waals surface area (Å²) in [6.45, 7) is 2.52. The summed E-state index contributed by atoms with van der Waals surface area (Å²) in [5, 5.41) is 0.758. The second-order valence-electron chi connectivity index (χ2n) is 7.83. The number of nitrogens with zero attached hydrogens (tertiary/aromatic N) is 4. The van der Waals surface area contributed by atoms with E-state index in [4.69, 9.17) is 15.5 Å². The van der Waals surface area contributed by atoms with Crippen molar-refractivity contribution in [3.05, 3.63) is 66.4 Å². The Hall–Kier alpha value is -3.68. The normalized spacial score (nSPS) is 14.1. The number of nitrogen functional groups attached to an aromatic ring is 1. The molecule has 0 unspecified atom stereocenters. The minimum absolute atomic E-state index is 0.110. The average molecular weight is 531 g/mol. The van der Waals surface area contributed by atoms with Crippen LogP contribution in [0.1, 0.15) is 0 Å². The molecule has 0 amide bonds. The van der Waals surface area contributed by atoms with Crippen molar-refractivity contribution in [3.63, 3.8) is 0 Å². The van der Waals surface area contributed by atoms with Gasteiger partial charge in [0.2, 0.25) is 5.95 Å². The topological polar surface area (TPSA) is 123 Å². The highest BCUT2D eigenvalue weighted by Gasteiger charge is 2.23. The highest BCUT2D eigenvalue weighted by Crippen LogP contribution is 2.40. The first kappa shape index (κ1) is 24.0. The fourth-order valence-corrected chi connectivity index (χ4v) is 5.94. The van der Waals surface area contributed by atoms with Gasteiger partial charge in [-0.3, -0.25) is 4.72 Å². The minimum Gasteiger partial charge on any atom is -0.378 e. The Morgan fingerprint density at radius 1 is 1.06 bits per heavy atom. The first-order chi connectivity index (χ1) is 17.3. The number of nitrogens with one attached hydrogen (secondary N) is 1. The molecule has 186 valence electrons. The van der Waals surface area contributed by atoms with Crippen LogP contribution < -0.4 is 15.4 Å². The Balaban J connectivity index is 1.54. The summed E-state index contributed by atoms with van der Waals surface area (Å²) in [5.74, 6) is -1.81. The molecular weight excluding hydrogens is 510 g/mol. The molecule has 1 aliphatic rings. The van der Waals surface area contributed by atoms with Crippen LogP contribution in [0.15, 0.2) is 59.6 Å². The van der Waals surface area contributed by atoms with Crippen molar-refractivity contribution in [1.82, 2.24) is 15.0 Å². The molecule has 0 bridgehead atoms. The first-order valence-electron chi connectivity index (χ1n) is 10.8. The van der Waals surface area contributed by atoms with Crippen LogP contribution in [0.3, 0.4) is 0 Å². The van der Waals surface area contributed by atoms with Gasteiger partial charge in [-0.05, 0) is 36.4 Å². The smallest absolute Gasteiger partial charge is 0.264 e. The highest BCUT2D eigenvalue weighted by molar-refractivity contribution is 7.92. The van der Waals surface area contributed by atoms with E-state index in [9.17, 15) is 17.2 Å². The van der Waals surface area contributed by atoms with E-state index in [1.54, 1.807) is 30.5 Å². The van der Waals surface area contributed by atoms with Crippen molar-refractivity contribution < 1.29 is 21.9 Å². The van der Waals surface area contributed by atoms with Gasteiger partial charge in [0.15, 0.2) is 5.13 Å². The number of hydrogen-bond donors (Lipinski definition) is 2. The number of benzene rings is 2. The Morgan fingerprint density at radius 2 is 1.86 bits per heavy atom. The number of thiazole rings is 1. The van der Waals surface area contributed by atoms with Crippen molar-refractivity contribution in [2.75, 3.05) is 41.7 Å². The van der Waals surface area contributed by atoms with Crippen molar-refractivity contribution in [3.8, 4) is 21.8 Å². The second-order valence-corrected chi connectivity index (χ2v) is 10.5. The highest BCUT2D eigenvalue weighted by atomic mass is 32.2. The number of morpholine rings is 1. The van der Waals surface area contributed by atoms with Gasteiger partial charge in [-0.25, -0.2) is 32.2 Å². The number of nitrogens with two attached hydrogens (primary N) is 1. The van der Waals surface area contributed by atoms with E-state index >= 15 is 0 Å². The van der Waals surface area contributed by atoms with Crippen molar-refractivity contribution in [2.24, 2.45) is 0 Å². The zero-order valence-electron chi connectivity index (χ0n) is 18.7. The molecule has 3 N–H and O–H groups in total. The van der Waals surface area contributed by atoms with Crippen LogP contribution in [-0.4, -0.2) is 49.7 Å². The van der Waals surface area contributed by atoms with Crippen LogP contribution in [-0.2, 0) is 14.8 Å². The largest absolute Gasteiger partial charge is 0.378 e. The number of hydrogen-bond acceptors (Lipinski definition) is 9. The lowest BCUT2D eigenvalue weighted by Crippen LogP contribution is -2.36. The quantitative estimate of drug-likeness (QED) is 0.386. The Morgan fingerprint density at radius 3 is 2.64 bits per heavy atom. The summed E-state index contributed by atoms with van der Waals surface area (Å²) >= 11 is 1.43. The van der Waals surface area contributed by atoms with Crippen molar-refractivity contribution >= 4 is 38.1 Å². The molecular formula is C23H20F2N6O3S2. The first-order valence-corrected chi connectivity index (χ1v) is 13.1. The molecule has 1 saturated heterocycles. The van der Waals surface area contributed by atoms with E-state index in [0.717, 1.165) is 22.1 Å². The van der Waals surface area contributed by atoms with Gasteiger partial charge in [-0.15, -0.1) is 0 Å². The third-order valence-corrected chi connectivity index (χ3v) is 7.91. The summed E-state index contributed by atoms with van der Waals surface area (Å²) in [6, 6.07) is 10.5. The summed E-state index contributed by atoms with van der Waals surface area (Å²) in [7, 11) is -4.39. The maximum atomic E-state index is 14.1. The number of ether oxygens (including phenoxy) is 1. The third kappa shape index (κ3) is 4.98. The van der Waals surface area contributed by atoms with E-state index in [1.807, 2.05) is 0 Å². The number of anilines is 3. The molecule has 2 aromatic carbocycles. The molecule has 9 nitrogen and oxygen atoms in total. The molecule has 0 spiro atoms. The van der Waals surface area contributed by atoms with Crippen LogP contribution in [0.25, 0.3) is 21.8 Å². The monoisotopic (exact) mass is 530 g/mol. The summed E-state index contributed by atoms with van der Waals surface area (Å²) in [4.78, 5) is 15.2. The predicted molar refractivity (Wildman–Crippen MR) is 133 cm³/mol. The van der Waals surface area contributed by atoms with Gasteiger partial charge in [-0.1, -0.05) is 23.5 Å². The standard InChI is InChI=1S/C23H20F2N6O3S2/c24-15-4-5-17(25)19(13-15)36(32,33)30-16-3-1-2-14(12-16)20-21(18-6-7-27-22(26)28-18)35-23(29-20)31-8-10-34-11-9-31/h1-7,12-13,30H,8-11H2,(H2,26,27,28). The third-order valence-electron chi connectivity index (χ3n) is 5.38. The zero-order chi connectivity index (χ0) is 25.3. The maximum absolute atomic E-state index is 14.1. The van der Waals surface area contributed by atoms with Crippen LogP contribution in [0.4, 0.5) is 25.5 Å². The van der Waals surface area contributed by atoms with Gasteiger partial charge in [-0.2, -0.15) is 0 Å². The van der Waals surface area contributed by atoms with Crippen LogP contribution >= 0.6 is 11.3 Å². The average Bonchev–Trinajstić information content (AvgIpc) is 3.32. The summed E-state index contributed by atoms with van der Waals surface area (Å²) in [6.07, 6.45) is 1.55. The van der Waals surface area contributed by atoms with E-state index in [0.29, 0.717) is 49.3 Å². The number of halogens is 2. The number of aromatic nitrogens is 3. The molecule has 2 aromatic heterocycles. The molecule has 3 heterocycles. The fourth-order valence-electron chi connectivity index (χ4n) is 3.69. The second kappa shape index (κ2) is 9.76. The Kier molecular flexibility index (Phi) is 6.51. The molecule has 36 heavy (non-hydrogen) atoms. The van der Waals surface area contributed by atoms with Gasteiger partial charge in [0.1, 0.15) is 16.5 Å². The molecule has 0 atom stereocenters. The summed E-state index contributed by atoms with van der Waals surface area (Å²) < 4.78 is 61.0. The van der Waals surface area contributed by atoms with Gasteiger partial charge >= 0.3 is 0 Å². The zero-order valence-corrected chi connectivity index (χ0v) is 20.3. The van der Waals surface area contributed by atoms with Crippen molar-refractivity contribution in [2.45, 2.75) is 4.90 Å². The van der Waals surface area contributed by atoms with Crippen LogP contribution in [0.2, 0.25) is 0 Å². The fraction of sp³-hybridized carbons (Fsp3) is 0.174. The van der Waals surface area contributed by atoms with Gasteiger partial charge < -0.3 is 15.4 Å². The number of rotatable bonds is 6. The molecule has 1 fully saturated rings. The van der Waals surface area contributed by atoms with Crippen LogP contribution in [0, 0.1) is 11.6 Å². The molecule has 0 aliphatic carbocycles. The number of sulfonamides is 1. The van der Waals surface area contributed by atoms with E-state index in [2.05, 4.69) is 19.6 Å². The maximum Gasteiger partial charge on any atom is 0.264 e. The van der Waals surface area contributed by atoms with Gasteiger partial charge in [0, 0.05) is 30.5 Å². The molecule has 5 rings (SSSR count). The summed E-state index contributed by atoms with van der Waals surface area (Å²) in [5.41, 5.74) is 7.70. The van der Waals surface area contributed by atoms with Gasteiger partial charge in [0.25, 0.3) is 10.0 Å². The van der Waals surface area contributed by atoms with Crippen molar-refractivity contribution in [1.29, 1.82) is 0 Å². The molecule has 0 saturated carbocycles.